The lowest BCUT2D eigenvalue weighted by atomic mass is 9.87. The highest BCUT2D eigenvalue weighted by molar-refractivity contribution is 7.80. The van der Waals surface area contributed by atoms with Gasteiger partial charge in [0.25, 0.3) is 11.8 Å². The highest BCUT2D eigenvalue weighted by atomic mass is 35.5. The summed E-state index contributed by atoms with van der Waals surface area (Å²) in [4.78, 5) is 25.1. The van der Waals surface area contributed by atoms with Crippen molar-refractivity contribution < 1.29 is 9.59 Å². The Morgan fingerprint density at radius 1 is 0.966 bits per heavy atom. The van der Waals surface area contributed by atoms with Crippen LogP contribution < -0.4 is 16.2 Å². The van der Waals surface area contributed by atoms with Gasteiger partial charge in [0.2, 0.25) is 0 Å². The zero-order valence-electron chi connectivity index (χ0n) is 16.1. The Hall–Kier alpha value is -2.48. The number of halogens is 1. The summed E-state index contributed by atoms with van der Waals surface area (Å²) in [6, 6.07) is 14.8. The lowest BCUT2D eigenvalue weighted by Gasteiger charge is -2.19. The SMILES string of the molecule is CC(C)(C)c1ccc(C(=O)NC(=S)NNC(=O)c2sc3ccccc3c2Cl)cc1. The lowest BCUT2D eigenvalue weighted by molar-refractivity contribution is 0.0938. The molecule has 2 aromatic carbocycles. The monoisotopic (exact) mass is 445 g/mol. The van der Waals surface area contributed by atoms with E-state index in [0.717, 1.165) is 15.6 Å². The van der Waals surface area contributed by atoms with Gasteiger partial charge in [-0.2, -0.15) is 0 Å². The molecule has 29 heavy (non-hydrogen) atoms. The summed E-state index contributed by atoms with van der Waals surface area (Å²) in [7, 11) is 0. The average Bonchev–Trinajstić information content (AvgIpc) is 3.02. The molecule has 0 spiro atoms. The number of carbonyl (C=O) groups is 2. The first-order valence-electron chi connectivity index (χ1n) is 8.86. The third-order valence-corrected chi connectivity index (χ3v) is 6.15. The Bertz CT molecular complexity index is 1090. The normalized spacial score (nSPS) is 11.2. The van der Waals surface area contributed by atoms with E-state index < -0.39 is 5.91 Å². The first-order chi connectivity index (χ1) is 13.7. The van der Waals surface area contributed by atoms with Crippen LogP contribution in [0.5, 0.6) is 0 Å². The quantitative estimate of drug-likeness (QED) is 0.391. The van der Waals surface area contributed by atoms with Crippen LogP contribution in [0.25, 0.3) is 10.1 Å². The Labute approximate surface area is 183 Å². The topological polar surface area (TPSA) is 70.2 Å². The van der Waals surface area contributed by atoms with Crippen molar-refractivity contribution in [3.8, 4) is 0 Å². The van der Waals surface area contributed by atoms with Gasteiger partial charge in [0.05, 0.1) is 5.02 Å². The number of fused-ring (bicyclic) bond motifs is 1. The molecule has 0 saturated heterocycles. The minimum atomic E-state index is -0.428. The van der Waals surface area contributed by atoms with Crippen molar-refractivity contribution in [2.45, 2.75) is 26.2 Å². The Morgan fingerprint density at radius 2 is 1.62 bits per heavy atom. The van der Waals surface area contributed by atoms with E-state index in [1.54, 1.807) is 12.1 Å². The van der Waals surface area contributed by atoms with Gasteiger partial charge >= 0.3 is 0 Å². The van der Waals surface area contributed by atoms with Crippen LogP contribution in [0.1, 0.15) is 46.4 Å². The van der Waals surface area contributed by atoms with Crippen LogP contribution in [0, 0.1) is 0 Å². The fourth-order valence-corrected chi connectivity index (χ4v) is 4.21. The average molecular weight is 446 g/mol. The molecule has 0 unspecified atom stereocenters. The summed E-state index contributed by atoms with van der Waals surface area (Å²) in [5.41, 5.74) is 6.61. The van der Waals surface area contributed by atoms with Gasteiger partial charge in [0, 0.05) is 15.6 Å². The highest BCUT2D eigenvalue weighted by Gasteiger charge is 2.18. The van der Waals surface area contributed by atoms with Gasteiger partial charge in [-0.25, -0.2) is 0 Å². The number of hydrazine groups is 1. The number of nitrogens with one attached hydrogen (secondary N) is 3. The van der Waals surface area contributed by atoms with Crippen LogP contribution in [0.3, 0.4) is 0 Å². The molecule has 2 amide bonds. The van der Waals surface area contributed by atoms with Crippen LogP contribution in [0.2, 0.25) is 5.02 Å². The van der Waals surface area contributed by atoms with Gasteiger partial charge in [0.15, 0.2) is 5.11 Å². The van der Waals surface area contributed by atoms with Crippen molar-refractivity contribution in [2.75, 3.05) is 0 Å². The molecule has 150 valence electrons. The number of rotatable bonds is 2. The van der Waals surface area contributed by atoms with Crippen LogP contribution in [-0.4, -0.2) is 16.9 Å². The molecule has 1 heterocycles. The molecule has 0 fully saturated rings. The fourth-order valence-electron chi connectivity index (χ4n) is 2.66. The van der Waals surface area contributed by atoms with Crippen molar-refractivity contribution in [1.82, 2.24) is 16.2 Å². The highest BCUT2D eigenvalue weighted by Crippen LogP contribution is 2.34. The molecule has 3 rings (SSSR count). The zero-order chi connectivity index (χ0) is 21.2. The maximum atomic E-state index is 12.4. The summed E-state index contributed by atoms with van der Waals surface area (Å²) < 4.78 is 0.914. The second-order valence-corrected chi connectivity index (χ2v) is 9.27. The molecule has 0 atom stereocenters. The second-order valence-electron chi connectivity index (χ2n) is 7.43. The molecule has 1 aromatic heterocycles. The molecule has 0 radical (unpaired) electrons. The molecule has 8 heteroatoms. The molecule has 0 aliphatic carbocycles. The van der Waals surface area contributed by atoms with Crippen LogP contribution in [0.15, 0.2) is 48.5 Å². The van der Waals surface area contributed by atoms with E-state index in [4.69, 9.17) is 23.8 Å². The van der Waals surface area contributed by atoms with E-state index in [2.05, 4.69) is 36.9 Å². The summed E-state index contributed by atoms with van der Waals surface area (Å²) >= 11 is 12.7. The molecule has 3 aromatic rings. The summed E-state index contributed by atoms with van der Waals surface area (Å²) in [5.74, 6) is -0.792. The van der Waals surface area contributed by atoms with Crippen LogP contribution in [-0.2, 0) is 5.41 Å². The van der Waals surface area contributed by atoms with E-state index >= 15 is 0 Å². The van der Waals surface area contributed by atoms with Crippen LogP contribution in [0.4, 0.5) is 0 Å². The van der Waals surface area contributed by atoms with E-state index in [0.29, 0.717) is 15.5 Å². The smallest absolute Gasteiger partial charge is 0.281 e. The number of amides is 2. The second kappa shape index (κ2) is 8.49. The molecular formula is C21H20ClN3O2S2. The third-order valence-electron chi connectivity index (χ3n) is 4.27. The minimum absolute atomic E-state index is 0.00398. The van der Waals surface area contributed by atoms with Crippen molar-refractivity contribution in [1.29, 1.82) is 0 Å². The van der Waals surface area contributed by atoms with Gasteiger partial charge in [-0.15, -0.1) is 11.3 Å². The minimum Gasteiger partial charge on any atom is -0.298 e. The predicted octanol–water partition coefficient (Wildman–Crippen LogP) is 4.80. The van der Waals surface area contributed by atoms with Gasteiger partial charge in [0.1, 0.15) is 4.88 Å². The van der Waals surface area contributed by atoms with Crippen molar-refractivity contribution in [2.24, 2.45) is 0 Å². The molecule has 0 saturated carbocycles. The summed E-state index contributed by atoms with van der Waals surface area (Å²) in [5, 5.41) is 3.73. The number of benzene rings is 2. The number of hydrogen-bond donors (Lipinski definition) is 3. The van der Waals surface area contributed by atoms with Gasteiger partial charge in [-0.1, -0.05) is 62.7 Å². The first kappa shape index (κ1) is 21.2. The van der Waals surface area contributed by atoms with E-state index in [9.17, 15) is 9.59 Å². The Morgan fingerprint density at radius 3 is 2.24 bits per heavy atom. The Balaban J connectivity index is 1.58. The largest absolute Gasteiger partial charge is 0.298 e. The molecule has 0 aliphatic rings. The number of thiocarbonyl (C=S) groups is 1. The Kier molecular flexibility index (Phi) is 6.21. The summed E-state index contributed by atoms with van der Waals surface area (Å²) in [6.45, 7) is 6.31. The van der Waals surface area contributed by atoms with Crippen molar-refractivity contribution >= 4 is 62.2 Å². The van der Waals surface area contributed by atoms with E-state index in [1.165, 1.54) is 11.3 Å². The first-order valence-corrected chi connectivity index (χ1v) is 10.5. The van der Waals surface area contributed by atoms with Gasteiger partial charge in [-0.3, -0.25) is 25.8 Å². The number of hydrogen-bond acceptors (Lipinski definition) is 4. The maximum absolute atomic E-state index is 12.4. The van der Waals surface area contributed by atoms with Gasteiger partial charge in [-0.05, 0) is 41.4 Å². The predicted molar refractivity (Wildman–Crippen MR) is 123 cm³/mol. The molecule has 0 bridgehead atoms. The fraction of sp³-hybridized carbons (Fsp3) is 0.190. The molecule has 0 aliphatic heterocycles. The number of thiophene rings is 1. The van der Waals surface area contributed by atoms with E-state index in [-0.39, 0.29) is 16.4 Å². The third kappa shape index (κ3) is 4.93. The molecule has 5 nitrogen and oxygen atoms in total. The zero-order valence-corrected chi connectivity index (χ0v) is 18.5. The summed E-state index contributed by atoms with van der Waals surface area (Å²) in [6.07, 6.45) is 0. The lowest BCUT2D eigenvalue weighted by Crippen LogP contribution is -2.48. The number of carbonyl (C=O) groups excluding carboxylic acids is 2. The van der Waals surface area contributed by atoms with Gasteiger partial charge < -0.3 is 0 Å². The van der Waals surface area contributed by atoms with Crippen LogP contribution >= 0.6 is 35.2 Å². The van der Waals surface area contributed by atoms with Crippen molar-refractivity contribution in [3.63, 3.8) is 0 Å². The maximum Gasteiger partial charge on any atom is 0.281 e. The molecule has 3 N–H and O–H groups in total. The standard InChI is InChI=1S/C21H20ClN3O2S2/c1-21(2,3)13-10-8-12(9-11-13)18(26)23-20(28)25-24-19(27)17-16(22)14-6-4-5-7-15(14)29-17/h4-11H,1-3H3,(H,24,27)(H2,23,25,26,28). The molecular weight excluding hydrogens is 426 g/mol. The van der Waals surface area contributed by atoms with Crippen molar-refractivity contribution in [3.05, 3.63) is 69.6 Å². The van der Waals surface area contributed by atoms with E-state index in [1.807, 2.05) is 36.4 Å².